The van der Waals surface area contributed by atoms with Crippen molar-refractivity contribution in [1.82, 2.24) is 10.2 Å². The first kappa shape index (κ1) is 15.4. The molecule has 2 rings (SSSR count). The summed E-state index contributed by atoms with van der Waals surface area (Å²) >= 11 is 0. The third-order valence-electron chi connectivity index (χ3n) is 3.78. The van der Waals surface area contributed by atoms with E-state index in [4.69, 9.17) is 9.15 Å². The van der Waals surface area contributed by atoms with E-state index in [0.29, 0.717) is 0 Å². The van der Waals surface area contributed by atoms with Crippen LogP contribution < -0.4 is 5.32 Å². The minimum absolute atomic E-state index is 0.0208. The van der Waals surface area contributed by atoms with Crippen LogP contribution in [0.2, 0.25) is 0 Å². The molecule has 0 aliphatic carbocycles. The summed E-state index contributed by atoms with van der Waals surface area (Å²) in [7, 11) is 3.23. The molecular weight excluding hydrogens is 270 g/mol. The van der Waals surface area contributed by atoms with Crippen molar-refractivity contribution in [2.24, 2.45) is 10.9 Å². The van der Waals surface area contributed by atoms with Gasteiger partial charge in [-0.05, 0) is 25.0 Å². The lowest BCUT2D eigenvalue weighted by Gasteiger charge is -2.33. The molecule has 1 saturated heterocycles. The van der Waals surface area contributed by atoms with Crippen molar-refractivity contribution in [3.8, 4) is 0 Å². The Balaban J connectivity index is 1.76. The molecule has 6 heteroatoms. The number of ether oxygens (including phenoxy) is 1. The Hall–Kier alpha value is -1.98. The number of nitrogens with zero attached hydrogens (tertiary/aromatic N) is 2. The number of furan rings is 1. The van der Waals surface area contributed by atoms with Gasteiger partial charge in [0.2, 0.25) is 0 Å². The van der Waals surface area contributed by atoms with Crippen LogP contribution in [-0.2, 0) is 16.0 Å². The molecule has 1 aromatic rings. The number of guanidine groups is 1. The van der Waals surface area contributed by atoms with Crippen LogP contribution >= 0.6 is 0 Å². The maximum atomic E-state index is 11.5. The number of rotatable bonds is 4. The van der Waals surface area contributed by atoms with Crippen LogP contribution in [0.25, 0.3) is 0 Å². The minimum Gasteiger partial charge on any atom is -0.469 e. The molecule has 0 radical (unpaired) electrons. The SMILES string of the molecule is CN=C(NCCc1ccco1)N1CCC(C(=O)OC)CC1. The third-order valence-corrected chi connectivity index (χ3v) is 3.78. The zero-order chi connectivity index (χ0) is 15.1. The van der Waals surface area contributed by atoms with Crippen LogP contribution in [0.4, 0.5) is 0 Å². The van der Waals surface area contributed by atoms with Gasteiger partial charge in [0.05, 0.1) is 19.3 Å². The minimum atomic E-state index is -0.101. The molecular formula is C15H23N3O3. The number of hydrogen-bond donors (Lipinski definition) is 1. The van der Waals surface area contributed by atoms with E-state index in [1.54, 1.807) is 13.3 Å². The molecule has 0 atom stereocenters. The summed E-state index contributed by atoms with van der Waals surface area (Å²) in [5, 5.41) is 3.34. The standard InChI is InChI=1S/C15H23N3O3/c1-16-15(17-8-5-13-4-3-11-21-13)18-9-6-12(7-10-18)14(19)20-2/h3-4,11-12H,5-10H2,1-2H3,(H,16,17). The van der Waals surface area contributed by atoms with Gasteiger partial charge in [-0.3, -0.25) is 9.79 Å². The Bertz CT molecular complexity index is 463. The highest BCUT2D eigenvalue weighted by Crippen LogP contribution is 2.18. The first-order valence-corrected chi connectivity index (χ1v) is 7.30. The van der Waals surface area contributed by atoms with Crippen LogP contribution in [0.5, 0.6) is 0 Å². The molecule has 1 N–H and O–H groups in total. The van der Waals surface area contributed by atoms with Gasteiger partial charge < -0.3 is 19.4 Å². The van der Waals surface area contributed by atoms with E-state index >= 15 is 0 Å². The van der Waals surface area contributed by atoms with Crippen LogP contribution in [0.3, 0.4) is 0 Å². The monoisotopic (exact) mass is 293 g/mol. The fraction of sp³-hybridized carbons (Fsp3) is 0.600. The van der Waals surface area contributed by atoms with Crippen molar-refractivity contribution in [3.63, 3.8) is 0 Å². The van der Waals surface area contributed by atoms with Gasteiger partial charge in [0.25, 0.3) is 0 Å². The average Bonchev–Trinajstić information content (AvgIpc) is 3.04. The molecule has 116 valence electrons. The summed E-state index contributed by atoms with van der Waals surface area (Å²) in [6.45, 7) is 2.41. The molecule has 0 bridgehead atoms. The molecule has 2 heterocycles. The second kappa shape index (κ2) is 7.71. The van der Waals surface area contributed by atoms with Crippen molar-refractivity contribution in [2.45, 2.75) is 19.3 Å². The van der Waals surface area contributed by atoms with Crippen molar-refractivity contribution >= 4 is 11.9 Å². The number of methoxy groups -OCH3 is 1. The highest BCUT2D eigenvalue weighted by Gasteiger charge is 2.26. The summed E-state index contributed by atoms with van der Waals surface area (Å²) in [6, 6.07) is 3.86. The second-order valence-electron chi connectivity index (χ2n) is 5.09. The highest BCUT2D eigenvalue weighted by atomic mass is 16.5. The van der Waals surface area contributed by atoms with E-state index in [1.165, 1.54) is 7.11 Å². The first-order valence-electron chi connectivity index (χ1n) is 7.30. The van der Waals surface area contributed by atoms with E-state index in [9.17, 15) is 4.79 Å². The molecule has 21 heavy (non-hydrogen) atoms. The predicted molar refractivity (Wildman–Crippen MR) is 80.1 cm³/mol. The van der Waals surface area contributed by atoms with E-state index in [1.807, 2.05) is 12.1 Å². The molecule has 1 aliphatic rings. The van der Waals surface area contributed by atoms with E-state index in [0.717, 1.165) is 50.6 Å². The summed E-state index contributed by atoms with van der Waals surface area (Å²) < 4.78 is 10.1. The van der Waals surface area contributed by atoms with Crippen LogP contribution in [0.15, 0.2) is 27.8 Å². The number of nitrogens with one attached hydrogen (secondary N) is 1. The maximum absolute atomic E-state index is 11.5. The zero-order valence-electron chi connectivity index (χ0n) is 12.7. The fourth-order valence-corrected chi connectivity index (χ4v) is 2.58. The Morgan fingerprint density at radius 3 is 2.86 bits per heavy atom. The molecule has 0 amide bonds. The van der Waals surface area contributed by atoms with Crippen molar-refractivity contribution in [3.05, 3.63) is 24.2 Å². The normalized spacial score (nSPS) is 16.9. The molecule has 6 nitrogen and oxygen atoms in total. The smallest absolute Gasteiger partial charge is 0.308 e. The Kier molecular flexibility index (Phi) is 5.66. The van der Waals surface area contributed by atoms with Crippen LogP contribution in [0.1, 0.15) is 18.6 Å². The largest absolute Gasteiger partial charge is 0.469 e. The molecule has 0 spiro atoms. The van der Waals surface area contributed by atoms with Gasteiger partial charge in [-0.25, -0.2) is 0 Å². The van der Waals surface area contributed by atoms with Gasteiger partial charge in [0.15, 0.2) is 5.96 Å². The number of esters is 1. The van der Waals surface area contributed by atoms with E-state index in [2.05, 4.69) is 15.2 Å². The number of carbonyl (C=O) groups excluding carboxylic acids is 1. The summed E-state index contributed by atoms with van der Waals surface area (Å²) in [5.74, 6) is 1.76. The lowest BCUT2D eigenvalue weighted by molar-refractivity contribution is -0.146. The van der Waals surface area contributed by atoms with Gasteiger partial charge >= 0.3 is 5.97 Å². The number of likely N-dealkylation sites (tertiary alicyclic amines) is 1. The molecule has 0 aromatic carbocycles. The maximum Gasteiger partial charge on any atom is 0.308 e. The van der Waals surface area contributed by atoms with Crippen molar-refractivity contribution in [2.75, 3.05) is 33.8 Å². The van der Waals surface area contributed by atoms with Gasteiger partial charge in [-0.15, -0.1) is 0 Å². The molecule has 1 fully saturated rings. The van der Waals surface area contributed by atoms with E-state index < -0.39 is 0 Å². The number of hydrogen-bond acceptors (Lipinski definition) is 4. The van der Waals surface area contributed by atoms with Crippen molar-refractivity contribution in [1.29, 1.82) is 0 Å². The van der Waals surface area contributed by atoms with Crippen LogP contribution in [0, 0.1) is 5.92 Å². The molecule has 1 aromatic heterocycles. The molecule has 0 unspecified atom stereocenters. The second-order valence-corrected chi connectivity index (χ2v) is 5.09. The summed E-state index contributed by atoms with van der Waals surface area (Å²) in [5.41, 5.74) is 0. The van der Waals surface area contributed by atoms with Gasteiger partial charge in [-0.1, -0.05) is 0 Å². The molecule has 0 saturated carbocycles. The van der Waals surface area contributed by atoms with Crippen LogP contribution in [-0.4, -0.2) is 50.6 Å². The predicted octanol–water partition coefficient (Wildman–Crippen LogP) is 1.28. The zero-order valence-corrected chi connectivity index (χ0v) is 12.7. The first-order chi connectivity index (χ1) is 10.2. The summed E-state index contributed by atoms with van der Waals surface area (Å²) in [6.07, 6.45) is 4.13. The molecule has 1 aliphatic heterocycles. The Morgan fingerprint density at radius 2 is 2.29 bits per heavy atom. The van der Waals surface area contributed by atoms with Gasteiger partial charge in [0, 0.05) is 33.1 Å². The Morgan fingerprint density at radius 1 is 1.52 bits per heavy atom. The number of piperidine rings is 1. The van der Waals surface area contributed by atoms with Gasteiger partial charge in [-0.2, -0.15) is 0 Å². The third kappa shape index (κ3) is 4.24. The van der Waals surface area contributed by atoms with E-state index in [-0.39, 0.29) is 11.9 Å². The van der Waals surface area contributed by atoms with Gasteiger partial charge in [0.1, 0.15) is 5.76 Å². The number of carbonyl (C=O) groups is 1. The quantitative estimate of drug-likeness (QED) is 0.514. The lowest BCUT2D eigenvalue weighted by atomic mass is 9.97. The average molecular weight is 293 g/mol. The number of aliphatic imine (C=N–C) groups is 1. The lowest BCUT2D eigenvalue weighted by Crippen LogP contribution is -2.47. The highest BCUT2D eigenvalue weighted by molar-refractivity contribution is 5.80. The fourth-order valence-electron chi connectivity index (χ4n) is 2.58. The topological polar surface area (TPSA) is 67.1 Å². The Labute approximate surface area is 125 Å². The van der Waals surface area contributed by atoms with Crippen molar-refractivity contribution < 1.29 is 13.9 Å². The summed E-state index contributed by atoms with van der Waals surface area (Å²) in [4.78, 5) is 18.0.